The second-order valence-electron chi connectivity index (χ2n) is 10.4. The fourth-order valence-corrected chi connectivity index (χ4v) is 4.91. The number of carbonyl (C=O) groups is 1. The zero-order valence-corrected chi connectivity index (χ0v) is 23.3. The quantitative estimate of drug-likeness (QED) is 0.155. The maximum absolute atomic E-state index is 14.6. The van der Waals surface area contributed by atoms with E-state index in [-0.39, 0.29) is 18.7 Å². The summed E-state index contributed by atoms with van der Waals surface area (Å²) in [6, 6.07) is 15.9. The molecule has 0 spiro atoms. The lowest BCUT2D eigenvalue weighted by atomic mass is 10.0. The Morgan fingerprint density at radius 2 is 1.93 bits per heavy atom. The molecule has 42 heavy (non-hydrogen) atoms. The Kier molecular flexibility index (Phi) is 8.72. The zero-order chi connectivity index (χ0) is 29.7. The average molecular weight is 576 g/mol. The zero-order valence-electron chi connectivity index (χ0n) is 23.3. The van der Waals surface area contributed by atoms with Crippen LogP contribution in [0, 0.1) is 12.7 Å². The first-order valence-electron chi connectivity index (χ1n) is 13.8. The maximum Gasteiger partial charge on any atom is 0.250 e. The van der Waals surface area contributed by atoms with E-state index in [2.05, 4.69) is 27.2 Å². The summed E-state index contributed by atoms with van der Waals surface area (Å²) in [4.78, 5) is 23.0. The Morgan fingerprint density at radius 1 is 1.12 bits per heavy atom. The molecule has 1 aliphatic rings. The van der Waals surface area contributed by atoms with Gasteiger partial charge in [-0.1, -0.05) is 30.8 Å². The predicted molar refractivity (Wildman–Crippen MR) is 159 cm³/mol. The third kappa shape index (κ3) is 7.06. The standard InChI is InChI=1S/C32H32F3N5O2/c1-3-30(41)39-28-18-25-27(19-29(28)42-15-5-12-40-13-10-32(34,35)11-14-40)36-20-37-31(25)38-23-7-4-6-22(17-23)24-9-8-21(2)16-26(24)33/h3-4,6-9,16-20H,1,5,10-15H2,2H3,(H,39,41)(H,36,37,38). The topological polar surface area (TPSA) is 79.4 Å². The van der Waals surface area contributed by atoms with Crippen LogP contribution in [0.5, 0.6) is 5.75 Å². The third-order valence-corrected chi connectivity index (χ3v) is 7.20. The van der Waals surface area contributed by atoms with Crippen molar-refractivity contribution in [2.24, 2.45) is 0 Å². The van der Waals surface area contributed by atoms with Gasteiger partial charge in [0.1, 0.15) is 23.7 Å². The molecule has 1 aliphatic heterocycles. The molecular formula is C32H32F3N5O2. The summed E-state index contributed by atoms with van der Waals surface area (Å²) in [5.41, 5.74) is 3.74. The lowest BCUT2D eigenvalue weighted by Crippen LogP contribution is -2.40. The number of aryl methyl sites for hydroxylation is 1. The molecule has 2 N–H and O–H groups in total. The van der Waals surface area contributed by atoms with Crippen LogP contribution in [0.15, 0.2) is 73.6 Å². The Balaban J connectivity index is 1.35. The third-order valence-electron chi connectivity index (χ3n) is 7.20. The van der Waals surface area contributed by atoms with Gasteiger partial charge in [0.2, 0.25) is 5.91 Å². The highest BCUT2D eigenvalue weighted by Crippen LogP contribution is 2.35. The lowest BCUT2D eigenvalue weighted by molar-refractivity contribution is -0.111. The van der Waals surface area contributed by atoms with Gasteiger partial charge in [-0.25, -0.2) is 23.1 Å². The van der Waals surface area contributed by atoms with Crippen molar-refractivity contribution in [2.45, 2.75) is 32.1 Å². The monoisotopic (exact) mass is 575 g/mol. The molecule has 1 fully saturated rings. The van der Waals surface area contributed by atoms with E-state index in [0.717, 1.165) is 11.6 Å². The normalized spacial score (nSPS) is 14.9. The summed E-state index contributed by atoms with van der Waals surface area (Å²) in [6.45, 7) is 7.06. The van der Waals surface area contributed by atoms with Crippen LogP contribution in [0.25, 0.3) is 22.0 Å². The van der Waals surface area contributed by atoms with E-state index in [1.807, 2.05) is 42.2 Å². The number of anilines is 3. The number of halogens is 3. The Hall–Kier alpha value is -4.44. The van der Waals surface area contributed by atoms with Crippen molar-refractivity contribution < 1.29 is 22.7 Å². The van der Waals surface area contributed by atoms with Crippen molar-refractivity contribution >= 4 is 34.0 Å². The first kappa shape index (κ1) is 29.1. The fraction of sp³-hybridized carbons (Fsp3) is 0.281. The molecule has 0 aliphatic carbocycles. The summed E-state index contributed by atoms with van der Waals surface area (Å²) in [7, 11) is 0. The molecule has 0 unspecified atom stereocenters. The van der Waals surface area contributed by atoms with Crippen molar-refractivity contribution in [1.29, 1.82) is 0 Å². The van der Waals surface area contributed by atoms with Gasteiger partial charge in [0.25, 0.3) is 5.92 Å². The summed E-state index contributed by atoms with van der Waals surface area (Å²) in [5, 5.41) is 6.70. The minimum Gasteiger partial charge on any atom is -0.491 e. The summed E-state index contributed by atoms with van der Waals surface area (Å²) >= 11 is 0. The Bertz CT molecular complexity index is 1600. The van der Waals surface area contributed by atoms with Gasteiger partial charge in [0.05, 0.1) is 17.8 Å². The van der Waals surface area contributed by atoms with E-state index < -0.39 is 11.8 Å². The SMILES string of the molecule is C=CC(=O)Nc1cc2c(Nc3cccc(-c4ccc(C)cc4F)c3)ncnc2cc1OCCCN1CCC(F)(F)CC1. The number of amides is 1. The van der Waals surface area contributed by atoms with Crippen molar-refractivity contribution in [3.63, 3.8) is 0 Å². The molecule has 3 aromatic carbocycles. The number of nitrogens with one attached hydrogen (secondary N) is 2. The van der Waals surface area contributed by atoms with Crippen molar-refractivity contribution in [3.8, 4) is 16.9 Å². The van der Waals surface area contributed by atoms with Crippen LogP contribution in [-0.4, -0.2) is 52.9 Å². The number of aromatic nitrogens is 2. The molecule has 0 bridgehead atoms. The minimum atomic E-state index is -2.58. The molecule has 7 nitrogen and oxygen atoms in total. The number of piperidine rings is 1. The average Bonchev–Trinajstić information content (AvgIpc) is 2.96. The second kappa shape index (κ2) is 12.6. The van der Waals surface area contributed by atoms with E-state index >= 15 is 0 Å². The minimum absolute atomic E-state index is 0.126. The number of alkyl halides is 2. The van der Waals surface area contributed by atoms with Gasteiger partial charge in [0.15, 0.2) is 0 Å². The number of likely N-dealkylation sites (tertiary alicyclic amines) is 1. The predicted octanol–water partition coefficient (Wildman–Crippen LogP) is 7.11. The van der Waals surface area contributed by atoms with Crippen LogP contribution in [0.2, 0.25) is 0 Å². The fourth-order valence-electron chi connectivity index (χ4n) is 4.91. The van der Waals surface area contributed by atoms with Crippen LogP contribution in [0.3, 0.4) is 0 Å². The number of benzene rings is 3. The van der Waals surface area contributed by atoms with E-state index in [1.54, 1.807) is 18.2 Å². The summed E-state index contributed by atoms with van der Waals surface area (Å²) in [6.07, 6.45) is 2.97. The number of hydrogen-bond donors (Lipinski definition) is 2. The van der Waals surface area contributed by atoms with Gasteiger partial charge in [-0.3, -0.25) is 4.79 Å². The van der Waals surface area contributed by atoms with Gasteiger partial charge in [0, 0.05) is 55.2 Å². The van der Waals surface area contributed by atoms with Gasteiger partial charge in [-0.15, -0.1) is 0 Å². The van der Waals surface area contributed by atoms with Gasteiger partial charge < -0.3 is 20.3 Å². The first-order valence-corrected chi connectivity index (χ1v) is 13.8. The largest absolute Gasteiger partial charge is 0.491 e. The number of ether oxygens (including phenoxy) is 1. The summed E-state index contributed by atoms with van der Waals surface area (Å²) < 4.78 is 47.5. The molecule has 0 radical (unpaired) electrons. The lowest BCUT2D eigenvalue weighted by Gasteiger charge is -2.31. The highest BCUT2D eigenvalue weighted by atomic mass is 19.3. The molecule has 0 atom stereocenters. The highest BCUT2D eigenvalue weighted by Gasteiger charge is 2.33. The molecular weight excluding hydrogens is 543 g/mol. The molecule has 2 heterocycles. The van der Waals surface area contributed by atoms with Crippen molar-refractivity contribution in [3.05, 3.63) is 85.0 Å². The van der Waals surface area contributed by atoms with E-state index in [4.69, 9.17) is 4.74 Å². The van der Waals surface area contributed by atoms with E-state index in [1.165, 1.54) is 12.4 Å². The molecule has 0 saturated carbocycles. The number of carbonyl (C=O) groups excluding carboxylic acids is 1. The van der Waals surface area contributed by atoms with Crippen LogP contribution in [-0.2, 0) is 4.79 Å². The van der Waals surface area contributed by atoms with Gasteiger partial charge in [-0.2, -0.15) is 0 Å². The van der Waals surface area contributed by atoms with E-state index in [9.17, 15) is 18.0 Å². The molecule has 218 valence electrons. The van der Waals surface area contributed by atoms with Crippen molar-refractivity contribution in [2.75, 3.05) is 36.9 Å². The molecule has 1 amide bonds. The number of nitrogens with zero attached hydrogens (tertiary/aromatic N) is 3. The van der Waals surface area contributed by atoms with Crippen LogP contribution < -0.4 is 15.4 Å². The van der Waals surface area contributed by atoms with Crippen LogP contribution in [0.1, 0.15) is 24.8 Å². The molecule has 1 saturated heterocycles. The molecule has 5 rings (SSSR count). The van der Waals surface area contributed by atoms with Crippen LogP contribution in [0.4, 0.5) is 30.4 Å². The molecule has 4 aromatic rings. The smallest absolute Gasteiger partial charge is 0.250 e. The molecule has 10 heteroatoms. The maximum atomic E-state index is 14.6. The number of hydrogen-bond acceptors (Lipinski definition) is 6. The highest BCUT2D eigenvalue weighted by molar-refractivity contribution is 6.03. The summed E-state index contributed by atoms with van der Waals surface area (Å²) in [5.74, 6) is -2.37. The first-order chi connectivity index (χ1) is 20.2. The number of rotatable bonds is 10. The molecule has 1 aromatic heterocycles. The van der Waals surface area contributed by atoms with Gasteiger partial charge in [-0.05, 0) is 54.8 Å². The van der Waals surface area contributed by atoms with Crippen molar-refractivity contribution in [1.82, 2.24) is 14.9 Å². The van der Waals surface area contributed by atoms with E-state index in [0.29, 0.717) is 77.6 Å². The van der Waals surface area contributed by atoms with Crippen LogP contribution >= 0.6 is 0 Å². The second-order valence-corrected chi connectivity index (χ2v) is 10.4. The number of fused-ring (bicyclic) bond motifs is 1. The Morgan fingerprint density at radius 3 is 2.69 bits per heavy atom. The Labute approximate surface area is 242 Å². The van der Waals surface area contributed by atoms with Gasteiger partial charge >= 0.3 is 0 Å².